The predicted molar refractivity (Wildman–Crippen MR) is 30.3 cm³/mol. The molecule has 0 aliphatic carbocycles. The first-order valence-electron chi connectivity index (χ1n) is 2.63. The molecule has 0 aromatic carbocycles. The fourth-order valence-corrected chi connectivity index (χ4v) is 1.11. The van der Waals surface area contributed by atoms with E-state index in [1.807, 2.05) is 0 Å². The normalized spacial score (nSPS) is 25.2. The Labute approximate surface area is 60.4 Å². The maximum absolute atomic E-state index is 3.18. The molecule has 0 N–H and O–H groups in total. The van der Waals surface area contributed by atoms with Crippen molar-refractivity contribution in [3.8, 4) is 0 Å². The van der Waals surface area contributed by atoms with Gasteiger partial charge in [-0.05, 0) is 0 Å². The van der Waals surface area contributed by atoms with Gasteiger partial charge in [-0.15, -0.1) is 0 Å². The molecule has 50 valence electrons. The molecular formula is C5H10N2Pd. The van der Waals surface area contributed by atoms with Gasteiger partial charge in [0.25, 0.3) is 0 Å². The number of hydrogen-bond acceptors (Lipinski definition) is 2. The summed E-state index contributed by atoms with van der Waals surface area (Å²) in [5, 5.41) is 0. The first-order chi connectivity index (χ1) is 3.72. The Morgan fingerprint density at radius 3 is 1.75 bits per heavy atom. The van der Waals surface area contributed by atoms with E-state index in [1.165, 1.54) is 4.23 Å². The van der Waals surface area contributed by atoms with Crippen molar-refractivity contribution >= 4 is 4.23 Å². The van der Waals surface area contributed by atoms with Gasteiger partial charge >= 0.3 is 60.0 Å². The molecule has 1 aliphatic rings. The summed E-state index contributed by atoms with van der Waals surface area (Å²) in [4.78, 5) is 4.39. The zero-order valence-corrected chi connectivity index (χ0v) is 6.68. The van der Waals surface area contributed by atoms with Crippen LogP contribution in [0.3, 0.4) is 0 Å². The summed E-state index contributed by atoms with van der Waals surface area (Å²) in [7, 11) is 4.17. The van der Waals surface area contributed by atoms with Crippen molar-refractivity contribution in [1.82, 2.24) is 9.80 Å². The molecule has 1 rings (SSSR count). The minimum atomic E-state index is 1.15. The molecule has 8 heavy (non-hydrogen) atoms. The van der Waals surface area contributed by atoms with E-state index in [4.69, 9.17) is 0 Å². The summed E-state index contributed by atoms with van der Waals surface area (Å²) < 4.78 is 1.23. The van der Waals surface area contributed by atoms with E-state index in [-0.39, 0.29) is 0 Å². The van der Waals surface area contributed by atoms with Crippen molar-refractivity contribution in [2.24, 2.45) is 0 Å². The molecule has 0 unspecified atom stereocenters. The SMILES string of the molecule is CN1CCN(C)[C]1=[Pd]. The molecule has 0 amide bonds. The summed E-state index contributed by atoms with van der Waals surface area (Å²) in [6.45, 7) is 2.29. The second-order valence-electron chi connectivity index (χ2n) is 2.08. The number of likely N-dealkylation sites (N-methyl/N-ethyl adjacent to an activating group) is 2. The molecule has 1 saturated heterocycles. The van der Waals surface area contributed by atoms with Crippen LogP contribution in [-0.4, -0.2) is 41.2 Å². The molecular weight excluding hydrogens is 194 g/mol. The minimum absolute atomic E-state index is 1.15. The van der Waals surface area contributed by atoms with Gasteiger partial charge in [0.2, 0.25) is 0 Å². The maximum atomic E-state index is 3.18. The summed E-state index contributed by atoms with van der Waals surface area (Å²) >= 11 is 3.18. The van der Waals surface area contributed by atoms with E-state index in [0.717, 1.165) is 13.1 Å². The van der Waals surface area contributed by atoms with E-state index < -0.39 is 0 Å². The van der Waals surface area contributed by atoms with Crippen LogP contribution in [0.5, 0.6) is 0 Å². The second-order valence-corrected chi connectivity index (χ2v) is 2.78. The van der Waals surface area contributed by atoms with E-state index in [1.54, 1.807) is 0 Å². The molecule has 0 atom stereocenters. The van der Waals surface area contributed by atoms with Crippen LogP contribution in [-0.2, 0) is 18.7 Å². The summed E-state index contributed by atoms with van der Waals surface area (Å²) in [5.74, 6) is 0. The zero-order chi connectivity index (χ0) is 6.15. The topological polar surface area (TPSA) is 6.48 Å². The Morgan fingerprint density at radius 2 is 1.62 bits per heavy atom. The Kier molecular flexibility index (Phi) is 1.94. The summed E-state index contributed by atoms with van der Waals surface area (Å²) in [6, 6.07) is 0. The van der Waals surface area contributed by atoms with Gasteiger partial charge in [0.15, 0.2) is 0 Å². The quantitative estimate of drug-likeness (QED) is 0.491. The predicted octanol–water partition coefficient (Wildman–Crippen LogP) is -0.502. The Balaban J connectivity index is 2.57. The van der Waals surface area contributed by atoms with Crippen molar-refractivity contribution in [1.29, 1.82) is 0 Å². The third kappa shape index (κ3) is 1.06. The van der Waals surface area contributed by atoms with Crippen molar-refractivity contribution in [3.63, 3.8) is 0 Å². The molecule has 0 spiro atoms. The van der Waals surface area contributed by atoms with Gasteiger partial charge in [0.1, 0.15) is 0 Å². The Morgan fingerprint density at radius 1 is 1.25 bits per heavy atom. The summed E-state index contributed by atoms with van der Waals surface area (Å²) in [6.07, 6.45) is 0. The Bertz CT molecular complexity index is 101. The van der Waals surface area contributed by atoms with Crippen LogP contribution in [0, 0.1) is 0 Å². The van der Waals surface area contributed by atoms with Crippen LogP contribution in [0.1, 0.15) is 0 Å². The van der Waals surface area contributed by atoms with Gasteiger partial charge in [0.05, 0.1) is 0 Å². The average Bonchev–Trinajstić information content (AvgIpc) is 1.98. The molecule has 0 aromatic heterocycles. The molecule has 3 heteroatoms. The van der Waals surface area contributed by atoms with Crippen LogP contribution < -0.4 is 0 Å². The molecule has 0 bridgehead atoms. The standard InChI is InChI=1S/C5H10N2.Pd/c1-6-3-4-7(2)5-6;/h3-4H2,1-2H3;. The van der Waals surface area contributed by atoms with Gasteiger partial charge in [-0.2, -0.15) is 0 Å². The van der Waals surface area contributed by atoms with Crippen LogP contribution in [0.15, 0.2) is 0 Å². The van der Waals surface area contributed by atoms with Crippen molar-refractivity contribution < 1.29 is 18.7 Å². The van der Waals surface area contributed by atoms with Gasteiger partial charge in [0, 0.05) is 0 Å². The third-order valence-electron chi connectivity index (χ3n) is 1.35. The monoisotopic (exact) mass is 204 g/mol. The molecule has 0 saturated carbocycles. The zero-order valence-electron chi connectivity index (χ0n) is 5.12. The average molecular weight is 205 g/mol. The fraction of sp³-hybridized carbons (Fsp3) is 0.800. The number of hydrogen-bond donors (Lipinski definition) is 0. The van der Waals surface area contributed by atoms with Crippen molar-refractivity contribution in [3.05, 3.63) is 0 Å². The molecule has 0 radical (unpaired) electrons. The first-order valence-corrected chi connectivity index (χ1v) is 3.41. The van der Waals surface area contributed by atoms with Crippen molar-refractivity contribution in [2.45, 2.75) is 0 Å². The molecule has 2 nitrogen and oxygen atoms in total. The first kappa shape index (κ1) is 6.57. The van der Waals surface area contributed by atoms with Crippen LogP contribution in [0.4, 0.5) is 0 Å². The van der Waals surface area contributed by atoms with Gasteiger partial charge in [-0.3, -0.25) is 0 Å². The van der Waals surface area contributed by atoms with Gasteiger partial charge < -0.3 is 0 Å². The van der Waals surface area contributed by atoms with Crippen LogP contribution in [0.25, 0.3) is 0 Å². The fourth-order valence-electron chi connectivity index (χ4n) is 0.762. The van der Waals surface area contributed by atoms with E-state index in [2.05, 4.69) is 42.6 Å². The number of rotatable bonds is 0. The Hall–Kier alpha value is 0.452. The summed E-state index contributed by atoms with van der Waals surface area (Å²) in [5.41, 5.74) is 0. The van der Waals surface area contributed by atoms with Crippen LogP contribution >= 0.6 is 0 Å². The number of nitrogens with zero attached hydrogens (tertiary/aromatic N) is 2. The van der Waals surface area contributed by atoms with Crippen LogP contribution in [0.2, 0.25) is 0 Å². The molecule has 1 fully saturated rings. The second kappa shape index (κ2) is 2.37. The molecule has 1 aliphatic heterocycles. The van der Waals surface area contributed by atoms with E-state index >= 15 is 0 Å². The van der Waals surface area contributed by atoms with E-state index in [0.29, 0.717) is 0 Å². The molecule has 0 aromatic rings. The van der Waals surface area contributed by atoms with Gasteiger partial charge in [-0.1, -0.05) is 0 Å². The third-order valence-corrected chi connectivity index (χ3v) is 2.54. The van der Waals surface area contributed by atoms with Gasteiger partial charge in [-0.25, -0.2) is 0 Å². The van der Waals surface area contributed by atoms with E-state index in [9.17, 15) is 0 Å². The molecule has 1 heterocycles. The van der Waals surface area contributed by atoms with Crippen molar-refractivity contribution in [2.75, 3.05) is 27.2 Å².